The van der Waals surface area contributed by atoms with E-state index in [4.69, 9.17) is 0 Å². The van der Waals surface area contributed by atoms with Crippen molar-refractivity contribution in [2.24, 2.45) is 0 Å². The summed E-state index contributed by atoms with van der Waals surface area (Å²) in [4.78, 5) is 21.5. The summed E-state index contributed by atoms with van der Waals surface area (Å²) in [6.45, 7) is 0. The van der Waals surface area contributed by atoms with Crippen LogP contribution in [0.1, 0.15) is 12.8 Å². The average molecular weight is 190 g/mol. The fourth-order valence-corrected chi connectivity index (χ4v) is 1.28. The quantitative estimate of drug-likeness (QED) is 0.433. The summed E-state index contributed by atoms with van der Waals surface area (Å²) in [5.41, 5.74) is -0.103. The molecule has 0 fully saturated rings. The van der Waals surface area contributed by atoms with Crippen molar-refractivity contribution >= 4 is 22.2 Å². The Hall–Kier alpha value is -0.843. The Balaban J connectivity index is 3.63. The zero-order chi connectivity index (χ0) is 9.56. The van der Waals surface area contributed by atoms with Gasteiger partial charge in [-0.25, -0.2) is 0 Å². The summed E-state index contributed by atoms with van der Waals surface area (Å²) in [6, 6.07) is 0. The first kappa shape index (κ1) is 11.2. The van der Waals surface area contributed by atoms with Crippen molar-refractivity contribution in [3.8, 4) is 0 Å². The molecule has 0 aliphatic rings. The van der Waals surface area contributed by atoms with Gasteiger partial charge in [-0.3, -0.25) is 9.59 Å². The average Bonchev–Trinajstić information content (AvgIpc) is 2.11. The zero-order valence-electron chi connectivity index (χ0n) is 7.62. The van der Waals surface area contributed by atoms with Gasteiger partial charge in [0.2, 0.25) is 0 Å². The van der Waals surface area contributed by atoms with Crippen LogP contribution >= 0.6 is 0 Å². The lowest BCUT2D eigenvalue weighted by molar-refractivity contribution is -0.142. The lowest BCUT2D eigenvalue weighted by Gasteiger charge is -2.06. The summed E-state index contributed by atoms with van der Waals surface area (Å²) in [6.07, 6.45) is 0.825. The Morgan fingerprint density at radius 1 is 1.33 bits per heavy atom. The molecule has 0 rings (SSSR count). The lowest BCUT2D eigenvalue weighted by atomic mass is 10.2. The van der Waals surface area contributed by atoms with Crippen molar-refractivity contribution in [3.05, 3.63) is 0 Å². The van der Waals surface area contributed by atoms with Gasteiger partial charge in [-0.2, -0.15) is 0 Å². The van der Waals surface area contributed by atoms with Gasteiger partial charge in [-0.1, -0.05) is 0 Å². The number of carbonyl (C=O) groups is 2. The maximum atomic E-state index is 10.9. The molecule has 70 valence electrons. The Labute approximate surface area is 74.7 Å². The molecular formula is C7H14O4Si. The molecule has 0 spiro atoms. The first-order valence-electron chi connectivity index (χ1n) is 3.76. The molecule has 0 saturated heterocycles. The highest BCUT2D eigenvalue weighted by molar-refractivity contribution is 6.22. The molecule has 0 aromatic heterocycles. The molecule has 4 nitrogen and oxygen atoms in total. The van der Waals surface area contributed by atoms with Crippen LogP contribution < -0.4 is 0 Å². The molecule has 12 heavy (non-hydrogen) atoms. The zero-order valence-corrected chi connectivity index (χ0v) is 9.62. The minimum Gasteiger partial charge on any atom is -0.469 e. The summed E-state index contributed by atoms with van der Waals surface area (Å²) >= 11 is 0. The topological polar surface area (TPSA) is 52.6 Å². The van der Waals surface area contributed by atoms with Crippen LogP contribution in [-0.2, 0) is 19.1 Å². The van der Waals surface area contributed by atoms with Crippen molar-refractivity contribution in [2.75, 3.05) is 14.2 Å². The fraction of sp³-hybridized carbons (Fsp3) is 0.714. The Morgan fingerprint density at radius 3 is 2.33 bits per heavy atom. The van der Waals surface area contributed by atoms with E-state index >= 15 is 0 Å². The number of rotatable bonds is 4. The molecule has 0 aromatic carbocycles. The summed E-state index contributed by atoms with van der Waals surface area (Å²) in [5.74, 6) is -0.509. The number of ether oxygens (including phenoxy) is 2. The van der Waals surface area contributed by atoms with Gasteiger partial charge in [0, 0.05) is 22.2 Å². The van der Waals surface area contributed by atoms with E-state index in [0.717, 1.165) is 0 Å². The summed E-state index contributed by atoms with van der Waals surface area (Å²) in [7, 11) is 3.40. The van der Waals surface area contributed by atoms with E-state index < -0.39 is 0 Å². The van der Waals surface area contributed by atoms with Crippen LogP contribution in [0.3, 0.4) is 0 Å². The van der Waals surface area contributed by atoms with Crippen LogP contribution in [0.4, 0.5) is 0 Å². The van der Waals surface area contributed by atoms with E-state index in [0.29, 0.717) is 23.1 Å². The molecular weight excluding hydrogens is 176 g/mol. The van der Waals surface area contributed by atoms with E-state index in [9.17, 15) is 9.59 Å². The number of carbonyl (C=O) groups excluding carboxylic acids is 2. The van der Waals surface area contributed by atoms with Gasteiger partial charge in [0.15, 0.2) is 0 Å². The minimum atomic E-state index is -0.278. The van der Waals surface area contributed by atoms with E-state index in [2.05, 4.69) is 9.47 Å². The molecule has 0 amide bonds. The molecule has 1 atom stereocenters. The van der Waals surface area contributed by atoms with Crippen LogP contribution in [0.15, 0.2) is 0 Å². The van der Waals surface area contributed by atoms with Crippen LogP contribution in [-0.4, -0.2) is 36.4 Å². The van der Waals surface area contributed by atoms with E-state index in [1.54, 1.807) is 0 Å². The second-order valence-electron chi connectivity index (χ2n) is 2.54. The largest absolute Gasteiger partial charge is 0.469 e. The van der Waals surface area contributed by atoms with Crippen molar-refractivity contribution in [1.29, 1.82) is 0 Å². The first-order chi connectivity index (χ1) is 5.61. The Bertz CT molecular complexity index is 169. The van der Waals surface area contributed by atoms with Crippen molar-refractivity contribution in [1.82, 2.24) is 0 Å². The highest BCUT2D eigenvalue weighted by Crippen LogP contribution is 2.10. The number of hydrogen-bond acceptors (Lipinski definition) is 4. The van der Waals surface area contributed by atoms with Crippen molar-refractivity contribution in [3.63, 3.8) is 0 Å². The van der Waals surface area contributed by atoms with E-state index in [1.807, 2.05) is 0 Å². The molecule has 0 heterocycles. The molecule has 1 unspecified atom stereocenters. The van der Waals surface area contributed by atoms with Gasteiger partial charge >= 0.3 is 11.9 Å². The summed E-state index contributed by atoms with van der Waals surface area (Å²) < 4.78 is 8.96. The molecule has 0 saturated carbocycles. The SMILES string of the molecule is COC(=O)CCC([SiH3])C(=O)OC. The monoisotopic (exact) mass is 190 g/mol. The maximum Gasteiger partial charge on any atom is 0.305 e. The Morgan fingerprint density at radius 2 is 1.92 bits per heavy atom. The second kappa shape index (κ2) is 5.76. The number of methoxy groups -OCH3 is 2. The third kappa shape index (κ3) is 4.12. The fourth-order valence-electron chi connectivity index (χ4n) is 0.755. The maximum absolute atomic E-state index is 10.9. The predicted octanol–water partition coefficient (Wildman–Crippen LogP) is -0.734. The molecule has 5 heteroatoms. The third-order valence-electron chi connectivity index (χ3n) is 1.61. The van der Waals surface area contributed by atoms with Crippen LogP contribution in [0, 0.1) is 0 Å². The highest BCUT2D eigenvalue weighted by atomic mass is 28.1. The molecule has 0 aliphatic carbocycles. The third-order valence-corrected chi connectivity index (χ3v) is 2.66. The van der Waals surface area contributed by atoms with Crippen LogP contribution in [0.5, 0.6) is 0 Å². The van der Waals surface area contributed by atoms with Crippen molar-refractivity contribution < 1.29 is 19.1 Å². The van der Waals surface area contributed by atoms with E-state index in [-0.39, 0.29) is 17.5 Å². The van der Waals surface area contributed by atoms with Gasteiger partial charge in [0.25, 0.3) is 0 Å². The highest BCUT2D eigenvalue weighted by Gasteiger charge is 2.14. The minimum absolute atomic E-state index is 0.103. The molecule has 0 aromatic rings. The molecule has 0 bridgehead atoms. The lowest BCUT2D eigenvalue weighted by Crippen LogP contribution is -2.12. The Kier molecular flexibility index (Phi) is 5.36. The predicted molar refractivity (Wildman–Crippen MR) is 47.0 cm³/mol. The number of esters is 2. The molecule has 0 radical (unpaired) electrons. The summed E-state index contributed by atoms with van der Waals surface area (Å²) in [5, 5.41) is 0. The number of hydrogen-bond donors (Lipinski definition) is 0. The van der Waals surface area contributed by atoms with Gasteiger partial charge < -0.3 is 9.47 Å². The van der Waals surface area contributed by atoms with Gasteiger partial charge in [0.05, 0.1) is 14.2 Å². The van der Waals surface area contributed by atoms with Gasteiger partial charge in [-0.15, -0.1) is 0 Å². The molecule has 0 N–H and O–H groups in total. The standard InChI is InChI=1S/C7H14O4Si/c1-10-6(8)4-3-5(12)7(9)11-2/h5H,3-4H2,1-2,12H3. The van der Waals surface area contributed by atoms with Crippen LogP contribution in [0.25, 0.3) is 0 Å². The second-order valence-corrected chi connectivity index (χ2v) is 3.93. The van der Waals surface area contributed by atoms with Gasteiger partial charge in [-0.05, 0) is 6.42 Å². The van der Waals surface area contributed by atoms with Crippen molar-refractivity contribution in [2.45, 2.75) is 18.4 Å². The smallest absolute Gasteiger partial charge is 0.305 e. The normalized spacial score (nSPS) is 12.2. The van der Waals surface area contributed by atoms with Gasteiger partial charge in [0.1, 0.15) is 0 Å². The van der Waals surface area contributed by atoms with Crippen LogP contribution in [0.2, 0.25) is 5.54 Å². The first-order valence-corrected chi connectivity index (χ1v) is 4.92. The van der Waals surface area contributed by atoms with E-state index in [1.165, 1.54) is 14.2 Å². The molecule has 0 aliphatic heterocycles.